The summed E-state index contributed by atoms with van der Waals surface area (Å²) in [7, 11) is 0. The lowest BCUT2D eigenvalue weighted by molar-refractivity contribution is -0.173. The molecule has 0 spiro atoms. The predicted octanol–water partition coefficient (Wildman–Crippen LogP) is 4.89. The molecule has 2 saturated carbocycles. The Morgan fingerprint density at radius 3 is 2.64 bits per heavy atom. The normalized spacial score (nSPS) is 51.1. The molecule has 1 heterocycles. The maximum Gasteiger partial charge on any atom is 0.302 e. The largest absolute Gasteiger partial charge is 0.462 e. The van der Waals surface area contributed by atoms with E-state index in [4.69, 9.17) is 9.47 Å². The van der Waals surface area contributed by atoms with Crippen LogP contribution in [0.25, 0.3) is 0 Å². The lowest BCUT2D eigenvalue weighted by Crippen LogP contribution is -2.54. The average molecular weight is 347 g/mol. The van der Waals surface area contributed by atoms with E-state index in [0.717, 1.165) is 19.3 Å². The molecule has 1 saturated heterocycles. The SMILES string of the molecule is CC(=O)O[C@@H]1C[C@]2(C)C[C@@H]3O[C@]3(C)CCC2[C@@H]2C(C(C)C)=CC[C@]12C. The van der Waals surface area contributed by atoms with Crippen LogP contribution in [0, 0.1) is 28.6 Å². The molecule has 0 N–H and O–H groups in total. The molecule has 0 radical (unpaired) electrons. The average Bonchev–Trinajstić information content (AvgIpc) is 2.97. The van der Waals surface area contributed by atoms with Gasteiger partial charge >= 0.3 is 5.97 Å². The molecule has 4 rings (SSSR count). The minimum absolute atomic E-state index is 0.0202. The van der Waals surface area contributed by atoms with Gasteiger partial charge in [-0.15, -0.1) is 0 Å². The van der Waals surface area contributed by atoms with Crippen molar-refractivity contribution in [2.45, 2.75) is 91.5 Å². The Morgan fingerprint density at radius 1 is 1.28 bits per heavy atom. The van der Waals surface area contributed by atoms with E-state index in [9.17, 15) is 4.79 Å². The third kappa shape index (κ3) is 2.52. The molecule has 7 atom stereocenters. The lowest BCUT2D eigenvalue weighted by atomic mass is 9.50. The number of allylic oxidation sites excluding steroid dienone is 2. The van der Waals surface area contributed by atoms with Crippen molar-refractivity contribution in [1.29, 1.82) is 0 Å². The Bertz CT molecular complexity index is 623. The zero-order valence-electron chi connectivity index (χ0n) is 16.7. The molecule has 4 aliphatic rings. The molecule has 25 heavy (non-hydrogen) atoms. The van der Waals surface area contributed by atoms with Crippen LogP contribution in [0.5, 0.6) is 0 Å². The van der Waals surface area contributed by atoms with E-state index in [1.807, 2.05) is 0 Å². The second-order valence-electron chi connectivity index (χ2n) is 10.3. The fourth-order valence-electron chi connectivity index (χ4n) is 6.56. The molecule has 3 nitrogen and oxygen atoms in total. The van der Waals surface area contributed by atoms with Crippen LogP contribution in [-0.2, 0) is 14.3 Å². The number of epoxide rings is 1. The summed E-state index contributed by atoms with van der Waals surface area (Å²) in [4.78, 5) is 11.9. The fraction of sp³-hybridized carbons (Fsp3) is 0.864. The number of fused-ring (bicyclic) bond motifs is 4. The fourth-order valence-corrected chi connectivity index (χ4v) is 6.56. The van der Waals surface area contributed by atoms with Gasteiger partial charge < -0.3 is 9.47 Å². The number of carbonyl (C=O) groups excluding carboxylic acids is 1. The van der Waals surface area contributed by atoms with Crippen molar-refractivity contribution in [3.8, 4) is 0 Å². The standard InChI is InChI=1S/C22H34O3/c1-13(2)15-7-9-21(5)17(24-14(3)23)11-20(4)12-18-22(6,25-18)10-8-16(20)19(15)21/h7,13,16-19H,8-12H2,1-6H3/t16?,17-,18+,19+,20-,21-,22-/m1/s1. The molecule has 3 heteroatoms. The quantitative estimate of drug-likeness (QED) is 0.406. The highest BCUT2D eigenvalue weighted by atomic mass is 16.6. The van der Waals surface area contributed by atoms with Crippen LogP contribution in [0.2, 0.25) is 0 Å². The second kappa shape index (κ2) is 5.34. The third-order valence-electron chi connectivity index (χ3n) is 8.15. The van der Waals surface area contributed by atoms with Crippen molar-refractivity contribution >= 4 is 5.97 Å². The van der Waals surface area contributed by atoms with Crippen LogP contribution in [0.3, 0.4) is 0 Å². The van der Waals surface area contributed by atoms with Crippen molar-refractivity contribution in [2.75, 3.05) is 0 Å². The molecule has 0 amide bonds. The first kappa shape index (κ1) is 17.6. The Labute approximate surface area is 152 Å². The molecule has 3 aliphatic carbocycles. The molecular formula is C22H34O3. The van der Waals surface area contributed by atoms with E-state index in [2.05, 4.69) is 40.7 Å². The van der Waals surface area contributed by atoms with Crippen molar-refractivity contribution in [1.82, 2.24) is 0 Å². The van der Waals surface area contributed by atoms with Crippen molar-refractivity contribution in [3.63, 3.8) is 0 Å². The molecule has 1 aliphatic heterocycles. The van der Waals surface area contributed by atoms with E-state index in [0.29, 0.717) is 23.9 Å². The maximum absolute atomic E-state index is 11.9. The Morgan fingerprint density at radius 2 is 2.00 bits per heavy atom. The molecular weight excluding hydrogens is 312 g/mol. The van der Waals surface area contributed by atoms with Gasteiger partial charge in [0.25, 0.3) is 0 Å². The highest BCUT2D eigenvalue weighted by Gasteiger charge is 2.65. The number of hydrogen-bond acceptors (Lipinski definition) is 3. The molecule has 140 valence electrons. The van der Waals surface area contributed by atoms with Gasteiger partial charge in [0.2, 0.25) is 0 Å². The van der Waals surface area contributed by atoms with Crippen LogP contribution in [0.15, 0.2) is 11.6 Å². The van der Waals surface area contributed by atoms with Gasteiger partial charge in [0, 0.05) is 12.3 Å². The van der Waals surface area contributed by atoms with Crippen molar-refractivity contribution < 1.29 is 14.3 Å². The summed E-state index contributed by atoms with van der Waals surface area (Å²) < 4.78 is 12.0. The lowest BCUT2D eigenvalue weighted by Gasteiger charge is -2.56. The summed E-state index contributed by atoms with van der Waals surface area (Å²) in [5, 5.41) is 0. The molecule has 0 aromatic rings. The molecule has 0 bridgehead atoms. The Balaban J connectivity index is 1.75. The minimum atomic E-state index is -0.133. The van der Waals surface area contributed by atoms with Gasteiger partial charge in [0.15, 0.2) is 0 Å². The Kier molecular flexibility index (Phi) is 3.76. The van der Waals surface area contributed by atoms with E-state index in [-0.39, 0.29) is 28.5 Å². The van der Waals surface area contributed by atoms with Crippen molar-refractivity contribution in [2.24, 2.45) is 28.6 Å². The van der Waals surface area contributed by atoms with E-state index >= 15 is 0 Å². The van der Waals surface area contributed by atoms with Gasteiger partial charge in [-0.2, -0.15) is 0 Å². The van der Waals surface area contributed by atoms with Gasteiger partial charge in [-0.1, -0.05) is 39.3 Å². The number of rotatable bonds is 2. The predicted molar refractivity (Wildman–Crippen MR) is 98.0 cm³/mol. The van der Waals surface area contributed by atoms with Gasteiger partial charge in [-0.05, 0) is 62.2 Å². The van der Waals surface area contributed by atoms with Gasteiger partial charge in [-0.3, -0.25) is 4.79 Å². The summed E-state index contributed by atoms with van der Waals surface area (Å²) in [5.41, 5.74) is 1.97. The van der Waals surface area contributed by atoms with Gasteiger partial charge in [0.05, 0.1) is 11.7 Å². The highest BCUT2D eigenvalue weighted by Crippen LogP contribution is 2.67. The van der Waals surface area contributed by atoms with E-state index < -0.39 is 0 Å². The van der Waals surface area contributed by atoms with Crippen LogP contribution < -0.4 is 0 Å². The molecule has 0 aromatic carbocycles. The number of carbonyl (C=O) groups is 1. The summed E-state index contributed by atoms with van der Waals surface area (Å²) in [5.74, 6) is 1.65. The van der Waals surface area contributed by atoms with Crippen molar-refractivity contribution in [3.05, 3.63) is 11.6 Å². The van der Waals surface area contributed by atoms with Crippen LogP contribution in [0.1, 0.15) is 73.6 Å². The maximum atomic E-state index is 11.9. The smallest absolute Gasteiger partial charge is 0.302 e. The first-order chi connectivity index (χ1) is 11.6. The number of ether oxygens (including phenoxy) is 2. The highest BCUT2D eigenvalue weighted by molar-refractivity contribution is 5.66. The van der Waals surface area contributed by atoms with Crippen LogP contribution >= 0.6 is 0 Å². The van der Waals surface area contributed by atoms with Crippen LogP contribution in [0.4, 0.5) is 0 Å². The topological polar surface area (TPSA) is 38.8 Å². The van der Waals surface area contributed by atoms with E-state index in [1.54, 1.807) is 12.5 Å². The molecule has 1 unspecified atom stereocenters. The summed E-state index contributed by atoms with van der Waals surface area (Å²) >= 11 is 0. The first-order valence-corrected chi connectivity index (χ1v) is 10.1. The van der Waals surface area contributed by atoms with Gasteiger partial charge in [0.1, 0.15) is 6.10 Å². The van der Waals surface area contributed by atoms with E-state index in [1.165, 1.54) is 12.8 Å². The summed E-state index contributed by atoms with van der Waals surface area (Å²) in [6.45, 7) is 13.3. The summed E-state index contributed by atoms with van der Waals surface area (Å²) in [6.07, 6.45) is 8.45. The summed E-state index contributed by atoms with van der Waals surface area (Å²) in [6, 6.07) is 0. The Hall–Kier alpha value is -0.830. The minimum Gasteiger partial charge on any atom is -0.462 e. The molecule has 0 aromatic heterocycles. The monoisotopic (exact) mass is 346 g/mol. The second-order valence-corrected chi connectivity index (χ2v) is 10.3. The number of hydrogen-bond donors (Lipinski definition) is 0. The third-order valence-corrected chi connectivity index (χ3v) is 8.15. The molecule has 3 fully saturated rings. The zero-order chi connectivity index (χ0) is 18.2. The van der Waals surface area contributed by atoms with Gasteiger partial charge in [-0.25, -0.2) is 0 Å². The number of esters is 1. The van der Waals surface area contributed by atoms with Crippen LogP contribution in [-0.4, -0.2) is 23.8 Å². The zero-order valence-corrected chi connectivity index (χ0v) is 16.7. The first-order valence-electron chi connectivity index (χ1n) is 10.1.